The third kappa shape index (κ3) is 3.67. The van der Waals surface area contributed by atoms with Crippen molar-refractivity contribution in [1.29, 1.82) is 0 Å². The molecular weight excluding hydrogens is 383 g/mol. The number of nitrogens with one attached hydrogen (secondary N) is 1. The fourth-order valence-corrected chi connectivity index (χ4v) is 4.24. The number of nitrogens with zero attached hydrogens (tertiary/aromatic N) is 2. The Morgan fingerprint density at radius 1 is 1.22 bits per heavy atom. The molecule has 0 saturated heterocycles. The van der Waals surface area contributed by atoms with Gasteiger partial charge in [-0.25, -0.2) is 8.42 Å². The lowest BCUT2D eigenvalue weighted by Crippen LogP contribution is -2.43. The minimum atomic E-state index is -4.71. The molecule has 0 amide bonds. The molecule has 0 fully saturated rings. The molecule has 3 rings (SSSR count). The van der Waals surface area contributed by atoms with E-state index in [1.54, 1.807) is 24.6 Å². The lowest BCUT2D eigenvalue weighted by atomic mass is 10.0. The highest BCUT2D eigenvalue weighted by Gasteiger charge is 2.39. The zero-order chi connectivity index (χ0) is 20.0. The number of sulfonamides is 1. The van der Waals surface area contributed by atoms with Gasteiger partial charge in [-0.2, -0.15) is 17.9 Å². The van der Waals surface area contributed by atoms with Gasteiger partial charge >= 0.3 is 6.18 Å². The summed E-state index contributed by atoms with van der Waals surface area (Å²) in [6, 6.07) is 3.73. The molecule has 1 atom stereocenters. The summed E-state index contributed by atoms with van der Waals surface area (Å²) in [5.41, 5.74) is 1.87. The van der Waals surface area contributed by atoms with Crippen LogP contribution in [0.1, 0.15) is 18.4 Å². The van der Waals surface area contributed by atoms with Crippen LogP contribution < -0.4 is 4.72 Å². The molecule has 1 N–H and O–H groups in total. The van der Waals surface area contributed by atoms with Crippen molar-refractivity contribution in [2.45, 2.75) is 37.9 Å². The second kappa shape index (κ2) is 6.61. The van der Waals surface area contributed by atoms with Crippen LogP contribution in [0.2, 0.25) is 0 Å². The first kappa shape index (κ1) is 19.3. The van der Waals surface area contributed by atoms with Gasteiger partial charge in [-0.05, 0) is 50.6 Å². The smallest absolute Gasteiger partial charge is 0.361 e. The minimum Gasteiger partial charge on any atom is -0.361 e. The number of benzene rings is 1. The molecule has 0 unspecified atom stereocenters. The predicted molar refractivity (Wildman–Crippen MR) is 92.6 cm³/mol. The van der Waals surface area contributed by atoms with E-state index in [-0.39, 0.29) is 10.3 Å². The quantitative estimate of drug-likeness (QED) is 0.723. The zero-order valence-corrected chi connectivity index (χ0v) is 15.4. The number of alkyl halides is 3. The summed E-state index contributed by atoms with van der Waals surface area (Å²) in [5.74, 6) is 0.461. The molecule has 0 aliphatic carbocycles. The molecule has 0 aliphatic heterocycles. The SMILES string of the molecule is Cc1noc(C)c1-c1cc(S(=O)(=O)N[C@H](C)C(F)(F)F)c2cccnc2c1. The van der Waals surface area contributed by atoms with E-state index in [2.05, 4.69) is 10.1 Å². The molecule has 0 radical (unpaired) electrons. The molecule has 6 nitrogen and oxygen atoms in total. The monoisotopic (exact) mass is 399 g/mol. The van der Waals surface area contributed by atoms with Crippen molar-refractivity contribution in [2.24, 2.45) is 0 Å². The number of aryl methyl sites for hydroxylation is 2. The highest BCUT2D eigenvalue weighted by Crippen LogP contribution is 2.33. The molecule has 27 heavy (non-hydrogen) atoms. The lowest BCUT2D eigenvalue weighted by Gasteiger charge is -2.18. The Kier molecular flexibility index (Phi) is 4.73. The number of halogens is 3. The first-order chi connectivity index (χ1) is 12.5. The van der Waals surface area contributed by atoms with E-state index >= 15 is 0 Å². The first-order valence-electron chi connectivity index (χ1n) is 7.92. The zero-order valence-electron chi connectivity index (χ0n) is 14.6. The minimum absolute atomic E-state index is 0.217. The molecule has 3 aromatic rings. The van der Waals surface area contributed by atoms with Gasteiger partial charge in [0.15, 0.2) is 0 Å². The van der Waals surface area contributed by atoms with Gasteiger partial charge in [-0.3, -0.25) is 4.98 Å². The van der Waals surface area contributed by atoms with Crippen LogP contribution in [0.25, 0.3) is 22.0 Å². The molecule has 2 heterocycles. The maximum atomic E-state index is 12.9. The largest absolute Gasteiger partial charge is 0.404 e. The Balaban J connectivity index is 2.23. The van der Waals surface area contributed by atoms with Gasteiger partial charge in [0.25, 0.3) is 0 Å². The normalized spacial score (nSPS) is 13.9. The van der Waals surface area contributed by atoms with Crippen LogP contribution in [-0.4, -0.2) is 30.8 Å². The average molecular weight is 399 g/mol. The van der Waals surface area contributed by atoms with Crippen LogP contribution in [0.4, 0.5) is 13.2 Å². The fourth-order valence-electron chi connectivity index (χ4n) is 2.77. The van der Waals surface area contributed by atoms with Crippen LogP contribution in [0.3, 0.4) is 0 Å². The van der Waals surface area contributed by atoms with E-state index < -0.39 is 22.2 Å². The van der Waals surface area contributed by atoms with Crippen LogP contribution in [0, 0.1) is 13.8 Å². The number of rotatable bonds is 4. The van der Waals surface area contributed by atoms with Crippen molar-refractivity contribution >= 4 is 20.9 Å². The lowest BCUT2D eigenvalue weighted by molar-refractivity contribution is -0.147. The number of hydrogen-bond donors (Lipinski definition) is 1. The highest BCUT2D eigenvalue weighted by atomic mass is 32.2. The van der Waals surface area contributed by atoms with Crippen molar-refractivity contribution in [3.63, 3.8) is 0 Å². The van der Waals surface area contributed by atoms with E-state index in [1.165, 1.54) is 24.4 Å². The summed E-state index contributed by atoms with van der Waals surface area (Å²) in [5, 5.41) is 4.05. The summed E-state index contributed by atoms with van der Waals surface area (Å²) >= 11 is 0. The molecule has 0 bridgehead atoms. The van der Waals surface area contributed by atoms with Gasteiger partial charge < -0.3 is 4.52 Å². The maximum Gasteiger partial charge on any atom is 0.404 e. The molecule has 0 spiro atoms. The van der Waals surface area contributed by atoms with Crippen LogP contribution >= 0.6 is 0 Å². The molecule has 2 aromatic heterocycles. The van der Waals surface area contributed by atoms with Crippen molar-refractivity contribution in [3.05, 3.63) is 41.9 Å². The van der Waals surface area contributed by atoms with E-state index in [4.69, 9.17) is 4.52 Å². The molecular formula is C17H16F3N3O3S. The Morgan fingerprint density at radius 3 is 2.52 bits per heavy atom. The number of hydrogen-bond acceptors (Lipinski definition) is 5. The standard InChI is InChI=1S/C17H16F3N3O3S/c1-9-16(10(2)26-22-9)12-7-14-13(5-4-6-21-14)15(8-12)27(24,25)23-11(3)17(18,19)20/h4-8,11,23H,1-3H3/t11-/m1/s1. The van der Waals surface area contributed by atoms with Gasteiger partial charge in [0.2, 0.25) is 10.0 Å². The summed E-state index contributed by atoms with van der Waals surface area (Å²) in [6.07, 6.45) is -3.23. The number of pyridine rings is 1. The Labute approximate surface area is 153 Å². The third-order valence-electron chi connectivity index (χ3n) is 4.12. The van der Waals surface area contributed by atoms with E-state index in [9.17, 15) is 21.6 Å². The molecule has 10 heteroatoms. The van der Waals surface area contributed by atoms with Gasteiger partial charge in [-0.15, -0.1) is 0 Å². The third-order valence-corrected chi connectivity index (χ3v) is 5.70. The molecule has 0 saturated carbocycles. The van der Waals surface area contributed by atoms with Gasteiger partial charge in [0.05, 0.1) is 16.1 Å². The number of fused-ring (bicyclic) bond motifs is 1. The molecule has 0 aliphatic rings. The second-order valence-electron chi connectivity index (χ2n) is 6.13. The van der Waals surface area contributed by atoms with Crippen LogP contribution in [0.15, 0.2) is 39.9 Å². The number of aromatic nitrogens is 2. The van der Waals surface area contributed by atoms with Crippen LogP contribution in [-0.2, 0) is 10.0 Å². The van der Waals surface area contributed by atoms with Crippen molar-refractivity contribution < 1.29 is 26.1 Å². The van der Waals surface area contributed by atoms with E-state index in [0.717, 1.165) is 6.92 Å². The summed E-state index contributed by atoms with van der Waals surface area (Å²) in [7, 11) is -4.47. The Hall–Kier alpha value is -2.46. The Bertz CT molecular complexity index is 1090. The van der Waals surface area contributed by atoms with Crippen molar-refractivity contribution in [2.75, 3.05) is 0 Å². The Morgan fingerprint density at radius 2 is 1.93 bits per heavy atom. The maximum absolute atomic E-state index is 12.9. The van der Waals surface area contributed by atoms with Crippen molar-refractivity contribution in [3.8, 4) is 11.1 Å². The molecule has 1 aromatic carbocycles. The fraction of sp³-hybridized carbons (Fsp3) is 0.294. The van der Waals surface area contributed by atoms with E-state index in [1.807, 2.05) is 0 Å². The highest BCUT2D eigenvalue weighted by molar-refractivity contribution is 7.89. The van der Waals surface area contributed by atoms with Crippen LogP contribution in [0.5, 0.6) is 0 Å². The van der Waals surface area contributed by atoms with Gasteiger partial charge in [0, 0.05) is 17.1 Å². The van der Waals surface area contributed by atoms with Gasteiger partial charge in [-0.1, -0.05) is 5.16 Å². The molecule has 144 valence electrons. The summed E-state index contributed by atoms with van der Waals surface area (Å²) in [4.78, 5) is 3.86. The first-order valence-corrected chi connectivity index (χ1v) is 9.40. The van der Waals surface area contributed by atoms with E-state index in [0.29, 0.717) is 28.1 Å². The summed E-state index contributed by atoms with van der Waals surface area (Å²) in [6.45, 7) is 4.10. The van der Waals surface area contributed by atoms with Crippen molar-refractivity contribution in [1.82, 2.24) is 14.9 Å². The second-order valence-corrected chi connectivity index (χ2v) is 7.81. The topological polar surface area (TPSA) is 85.1 Å². The predicted octanol–water partition coefficient (Wildman–Crippen LogP) is 3.74. The average Bonchev–Trinajstić information content (AvgIpc) is 2.91. The summed E-state index contributed by atoms with van der Waals surface area (Å²) < 4.78 is 70.8. The van der Waals surface area contributed by atoms with Gasteiger partial charge in [0.1, 0.15) is 11.8 Å².